The molecule has 3 aromatic rings. The van der Waals surface area contributed by atoms with E-state index in [1.54, 1.807) is 62.6 Å². The Hall–Kier alpha value is -3.48. The van der Waals surface area contributed by atoms with Crippen LogP contribution in [0, 0.1) is 0 Å². The lowest BCUT2D eigenvalue weighted by Crippen LogP contribution is -2.23. The van der Waals surface area contributed by atoms with Crippen LogP contribution in [0.2, 0.25) is 0 Å². The number of carbonyl (C=O) groups is 2. The van der Waals surface area contributed by atoms with Crippen molar-refractivity contribution < 1.29 is 9.59 Å². The number of benzene rings is 2. The second kappa shape index (κ2) is 7.18. The summed E-state index contributed by atoms with van der Waals surface area (Å²) in [6.07, 6.45) is 0.299. The van der Waals surface area contributed by atoms with Gasteiger partial charge in [-0.2, -0.15) is 5.10 Å². The monoisotopic (exact) mass is 350 g/mol. The molecule has 7 heteroatoms. The molecule has 0 fully saturated rings. The molecule has 0 saturated carbocycles. The highest BCUT2D eigenvalue weighted by Crippen LogP contribution is 2.16. The van der Waals surface area contributed by atoms with Crippen LogP contribution >= 0.6 is 0 Å². The summed E-state index contributed by atoms with van der Waals surface area (Å²) < 4.78 is 0. The first-order valence-corrected chi connectivity index (χ1v) is 8.03. The Balaban J connectivity index is 1.80. The Morgan fingerprint density at radius 3 is 2.35 bits per heavy atom. The number of rotatable bonds is 4. The predicted molar refractivity (Wildman–Crippen MR) is 99.2 cm³/mol. The van der Waals surface area contributed by atoms with Gasteiger partial charge in [0.25, 0.3) is 11.5 Å². The van der Waals surface area contributed by atoms with Crippen molar-refractivity contribution in [1.82, 2.24) is 15.1 Å². The molecular formula is C19H18N4O3. The van der Waals surface area contributed by atoms with E-state index in [0.717, 1.165) is 5.56 Å². The third-order valence-electron chi connectivity index (χ3n) is 3.98. The van der Waals surface area contributed by atoms with Gasteiger partial charge in [-0.1, -0.05) is 30.3 Å². The second-order valence-electron chi connectivity index (χ2n) is 6.06. The zero-order valence-electron chi connectivity index (χ0n) is 14.4. The van der Waals surface area contributed by atoms with Gasteiger partial charge < -0.3 is 10.2 Å². The molecule has 2 N–H and O–H groups in total. The highest BCUT2D eigenvalue weighted by molar-refractivity contribution is 6.11. The van der Waals surface area contributed by atoms with Gasteiger partial charge >= 0.3 is 0 Å². The van der Waals surface area contributed by atoms with Crippen molar-refractivity contribution in [2.45, 2.75) is 6.42 Å². The lowest BCUT2D eigenvalue weighted by molar-refractivity contribution is -0.127. The van der Waals surface area contributed by atoms with E-state index in [1.807, 2.05) is 0 Å². The second-order valence-corrected chi connectivity index (χ2v) is 6.06. The van der Waals surface area contributed by atoms with E-state index in [4.69, 9.17) is 0 Å². The van der Waals surface area contributed by atoms with E-state index < -0.39 is 5.91 Å². The zero-order chi connectivity index (χ0) is 18.7. The molecule has 0 aliphatic carbocycles. The Morgan fingerprint density at radius 2 is 1.69 bits per heavy atom. The number of H-pyrrole nitrogens is 1. The van der Waals surface area contributed by atoms with Crippen LogP contribution in [0.1, 0.15) is 16.1 Å². The van der Waals surface area contributed by atoms with E-state index >= 15 is 0 Å². The Morgan fingerprint density at radius 1 is 1.04 bits per heavy atom. The molecule has 0 saturated heterocycles. The summed E-state index contributed by atoms with van der Waals surface area (Å²) in [5.74, 6) is -0.416. The Kier molecular flexibility index (Phi) is 4.79. The molecule has 2 aromatic carbocycles. The van der Waals surface area contributed by atoms with Crippen molar-refractivity contribution in [2.24, 2.45) is 0 Å². The summed E-state index contributed by atoms with van der Waals surface area (Å²) in [5.41, 5.74) is 1.24. The summed E-state index contributed by atoms with van der Waals surface area (Å²) in [6, 6.07) is 13.8. The summed E-state index contributed by atoms with van der Waals surface area (Å²) in [7, 11) is 3.41. The SMILES string of the molecule is CN(C)C(=O)Cc1ccc(NC(=O)c2n[nH]c(=O)c3ccccc23)cc1. The average molecular weight is 350 g/mol. The predicted octanol–water partition coefficient (Wildman–Crippen LogP) is 1.81. The molecule has 7 nitrogen and oxygen atoms in total. The quantitative estimate of drug-likeness (QED) is 0.750. The van der Waals surface area contributed by atoms with Crippen LogP contribution in [0.5, 0.6) is 0 Å². The van der Waals surface area contributed by atoms with Gasteiger partial charge in [0.2, 0.25) is 5.91 Å². The first kappa shape index (κ1) is 17.3. The molecule has 0 aliphatic heterocycles. The van der Waals surface area contributed by atoms with Crippen molar-refractivity contribution in [3.63, 3.8) is 0 Å². The largest absolute Gasteiger partial charge is 0.349 e. The molecular weight excluding hydrogens is 332 g/mol. The van der Waals surface area contributed by atoms with Crippen molar-refractivity contribution in [3.05, 3.63) is 70.1 Å². The van der Waals surface area contributed by atoms with Crippen molar-refractivity contribution >= 4 is 28.3 Å². The topological polar surface area (TPSA) is 95.2 Å². The van der Waals surface area contributed by atoms with Crippen LogP contribution in [0.15, 0.2) is 53.3 Å². The number of hydrogen-bond acceptors (Lipinski definition) is 4. The fourth-order valence-corrected chi connectivity index (χ4v) is 2.52. The van der Waals surface area contributed by atoms with Crippen LogP contribution in [-0.2, 0) is 11.2 Å². The van der Waals surface area contributed by atoms with E-state index in [2.05, 4.69) is 15.5 Å². The maximum Gasteiger partial charge on any atom is 0.276 e. The van der Waals surface area contributed by atoms with Crippen molar-refractivity contribution in [2.75, 3.05) is 19.4 Å². The lowest BCUT2D eigenvalue weighted by atomic mass is 10.1. The molecule has 132 valence electrons. The number of amides is 2. The zero-order valence-corrected chi connectivity index (χ0v) is 14.4. The van der Waals surface area contributed by atoms with E-state index in [-0.39, 0.29) is 17.2 Å². The smallest absolute Gasteiger partial charge is 0.276 e. The van der Waals surface area contributed by atoms with Crippen LogP contribution < -0.4 is 10.9 Å². The highest BCUT2D eigenvalue weighted by Gasteiger charge is 2.14. The number of anilines is 1. The molecule has 0 unspecified atom stereocenters. The van der Waals surface area contributed by atoms with Gasteiger partial charge in [-0.3, -0.25) is 14.4 Å². The highest BCUT2D eigenvalue weighted by atomic mass is 16.2. The summed E-state index contributed by atoms with van der Waals surface area (Å²) in [6.45, 7) is 0. The normalized spacial score (nSPS) is 10.5. The number of nitrogens with one attached hydrogen (secondary N) is 2. The minimum Gasteiger partial charge on any atom is -0.349 e. The van der Waals surface area contributed by atoms with Crippen LogP contribution in [0.25, 0.3) is 10.8 Å². The van der Waals surface area contributed by atoms with Crippen LogP contribution in [0.4, 0.5) is 5.69 Å². The lowest BCUT2D eigenvalue weighted by Gasteiger charge is -2.11. The average Bonchev–Trinajstić information content (AvgIpc) is 2.63. The summed E-state index contributed by atoms with van der Waals surface area (Å²) in [4.78, 5) is 37.6. The molecule has 0 bridgehead atoms. The van der Waals surface area contributed by atoms with Crippen LogP contribution in [0.3, 0.4) is 0 Å². The van der Waals surface area contributed by atoms with Gasteiger partial charge in [0.05, 0.1) is 11.8 Å². The standard InChI is InChI=1S/C19H18N4O3/c1-23(2)16(24)11-12-7-9-13(10-8-12)20-19(26)17-14-5-3-4-6-15(14)18(25)22-21-17/h3-10H,11H2,1-2H3,(H,20,26)(H,22,25). The molecule has 0 radical (unpaired) electrons. The third-order valence-corrected chi connectivity index (χ3v) is 3.98. The van der Waals surface area contributed by atoms with Gasteiger partial charge in [0.15, 0.2) is 5.69 Å². The Bertz CT molecular complexity index is 1020. The maximum atomic E-state index is 12.5. The first-order chi connectivity index (χ1) is 12.5. The molecule has 1 aromatic heterocycles. The molecule has 26 heavy (non-hydrogen) atoms. The number of hydrogen-bond donors (Lipinski definition) is 2. The number of aromatic amines is 1. The minimum absolute atomic E-state index is 0.00527. The summed E-state index contributed by atoms with van der Waals surface area (Å²) in [5, 5.41) is 9.87. The molecule has 2 amide bonds. The van der Waals surface area contributed by atoms with Gasteiger partial charge in [-0.15, -0.1) is 0 Å². The van der Waals surface area contributed by atoms with Gasteiger partial charge in [0.1, 0.15) is 0 Å². The molecule has 3 rings (SSSR count). The molecule has 0 aliphatic rings. The number of carbonyl (C=O) groups excluding carboxylic acids is 2. The van der Waals surface area contributed by atoms with E-state index in [1.165, 1.54) is 4.90 Å². The van der Waals surface area contributed by atoms with Gasteiger partial charge in [-0.25, -0.2) is 5.10 Å². The maximum absolute atomic E-state index is 12.5. The van der Waals surface area contributed by atoms with Gasteiger partial charge in [-0.05, 0) is 23.8 Å². The van der Waals surface area contributed by atoms with E-state index in [0.29, 0.717) is 22.9 Å². The van der Waals surface area contributed by atoms with Crippen molar-refractivity contribution in [1.29, 1.82) is 0 Å². The number of fused-ring (bicyclic) bond motifs is 1. The van der Waals surface area contributed by atoms with Crippen LogP contribution in [-0.4, -0.2) is 41.0 Å². The summed E-state index contributed by atoms with van der Waals surface area (Å²) >= 11 is 0. The molecule has 1 heterocycles. The fraction of sp³-hybridized carbons (Fsp3) is 0.158. The Labute approximate surface area is 149 Å². The number of nitrogens with zero attached hydrogens (tertiary/aromatic N) is 2. The first-order valence-electron chi connectivity index (χ1n) is 8.03. The van der Waals surface area contributed by atoms with Gasteiger partial charge in [0, 0.05) is 25.2 Å². The van der Waals surface area contributed by atoms with Crippen molar-refractivity contribution in [3.8, 4) is 0 Å². The minimum atomic E-state index is -0.422. The number of likely N-dealkylation sites (N-methyl/N-ethyl adjacent to an activating group) is 1. The molecule has 0 atom stereocenters. The fourth-order valence-electron chi connectivity index (χ4n) is 2.52. The van der Waals surface area contributed by atoms with E-state index in [9.17, 15) is 14.4 Å². The third kappa shape index (κ3) is 3.61. The molecule has 0 spiro atoms. The number of aromatic nitrogens is 2.